The molecule has 3 rings (SSSR count). The Labute approximate surface area is 122 Å². The van der Waals surface area contributed by atoms with Gasteiger partial charge in [0.15, 0.2) is 6.61 Å². The fraction of sp³-hybridized carbons (Fsp3) is 0.333. The van der Waals surface area contributed by atoms with E-state index in [1.807, 2.05) is 4.90 Å². The third-order valence-electron chi connectivity index (χ3n) is 3.49. The molecule has 2 aromatic rings. The van der Waals surface area contributed by atoms with Crippen LogP contribution in [0.3, 0.4) is 0 Å². The second kappa shape index (κ2) is 6.30. The van der Waals surface area contributed by atoms with Crippen LogP contribution in [0.1, 0.15) is 24.6 Å². The van der Waals surface area contributed by atoms with Gasteiger partial charge in [-0.3, -0.25) is 19.7 Å². The Bertz CT molecular complexity index is 591. The summed E-state index contributed by atoms with van der Waals surface area (Å²) in [6.07, 6.45) is 10.2. The Morgan fingerprint density at radius 1 is 1.29 bits per heavy atom. The minimum absolute atomic E-state index is 0.00342. The topological polar surface area (TPSA) is 68.2 Å². The SMILES string of the molecule is O=C(COc1cccnc1)N1CCCC1c1cnccn1. The predicted octanol–water partition coefficient (Wildman–Crippen LogP) is 1.61. The Kier molecular flexibility index (Phi) is 4.04. The molecule has 0 radical (unpaired) electrons. The van der Waals surface area contributed by atoms with Crippen molar-refractivity contribution in [2.45, 2.75) is 18.9 Å². The van der Waals surface area contributed by atoms with Gasteiger partial charge in [0, 0.05) is 25.1 Å². The summed E-state index contributed by atoms with van der Waals surface area (Å²) < 4.78 is 5.47. The maximum Gasteiger partial charge on any atom is 0.261 e. The second-order valence-corrected chi connectivity index (χ2v) is 4.85. The molecule has 0 aromatic carbocycles. The van der Waals surface area contributed by atoms with Gasteiger partial charge in [-0.1, -0.05) is 0 Å². The first kappa shape index (κ1) is 13.5. The van der Waals surface area contributed by atoms with Crippen LogP contribution in [0.25, 0.3) is 0 Å². The molecule has 108 valence electrons. The van der Waals surface area contributed by atoms with Crippen LogP contribution in [-0.2, 0) is 4.79 Å². The fourth-order valence-electron chi connectivity index (χ4n) is 2.52. The Morgan fingerprint density at radius 2 is 2.19 bits per heavy atom. The van der Waals surface area contributed by atoms with Crippen LogP contribution >= 0.6 is 0 Å². The summed E-state index contributed by atoms with van der Waals surface area (Å²) in [5.41, 5.74) is 0.838. The lowest BCUT2D eigenvalue weighted by molar-refractivity contribution is -0.134. The molecule has 1 atom stereocenters. The van der Waals surface area contributed by atoms with E-state index in [0.29, 0.717) is 5.75 Å². The smallest absolute Gasteiger partial charge is 0.261 e. The van der Waals surface area contributed by atoms with Crippen molar-refractivity contribution in [2.75, 3.05) is 13.2 Å². The zero-order valence-electron chi connectivity index (χ0n) is 11.6. The number of hydrogen-bond acceptors (Lipinski definition) is 5. The minimum Gasteiger partial charge on any atom is -0.482 e. The third-order valence-corrected chi connectivity index (χ3v) is 3.49. The lowest BCUT2D eigenvalue weighted by Gasteiger charge is -2.24. The van der Waals surface area contributed by atoms with Crippen LogP contribution in [0.15, 0.2) is 43.1 Å². The maximum absolute atomic E-state index is 12.3. The van der Waals surface area contributed by atoms with Crippen molar-refractivity contribution in [1.82, 2.24) is 19.9 Å². The molecule has 1 aliphatic heterocycles. The van der Waals surface area contributed by atoms with E-state index in [-0.39, 0.29) is 18.6 Å². The average Bonchev–Trinajstić information content (AvgIpc) is 3.04. The summed E-state index contributed by atoms with van der Waals surface area (Å²) in [7, 11) is 0. The van der Waals surface area contributed by atoms with E-state index >= 15 is 0 Å². The molecule has 1 fully saturated rings. The fourth-order valence-corrected chi connectivity index (χ4v) is 2.52. The second-order valence-electron chi connectivity index (χ2n) is 4.85. The Balaban J connectivity index is 1.64. The van der Waals surface area contributed by atoms with Gasteiger partial charge in [-0.2, -0.15) is 0 Å². The number of nitrogens with zero attached hydrogens (tertiary/aromatic N) is 4. The van der Waals surface area contributed by atoms with Crippen LogP contribution < -0.4 is 4.74 Å². The highest BCUT2D eigenvalue weighted by Gasteiger charge is 2.31. The van der Waals surface area contributed by atoms with Gasteiger partial charge in [-0.25, -0.2) is 0 Å². The van der Waals surface area contributed by atoms with Gasteiger partial charge in [-0.15, -0.1) is 0 Å². The summed E-state index contributed by atoms with van der Waals surface area (Å²) in [5, 5.41) is 0. The van der Waals surface area contributed by atoms with Crippen molar-refractivity contribution in [2.24, 2.45) is 0 Å². The predicted molar refractivity (Wildman–Crippen MR) is 75.5 cm³/mol. The summed E-state index contributed by atoms with van der Waals surface area (Å²) in [6.45, 7) is 0.749. The van der Waals surface area contributed by atoms with Gasteiger partial charge in [0.05, 0.1) is 24.1 Å². The number of rotatable bonds is 4. The number of carbonyl (C=O) groups excluding carboxylic acids is 1. The van der Waals surface area contributed by atoms with Crippen molar-refractivity contribution >= 4 is 5.91 Å². The minimum atomic E-state index is -0.0352. The van der Waals surface area contributed by atoms with Crippen molar-refractivity contribution < 1.29 is 9.53 Å². The van der Waals surface area contributed by atoms with Crippen LogP contribution in [0.4, 0.5) is 0 Å². The average molecular weight is 284 g/mol. The van der Waals surface area contributed by atoms with Gasteiger partial charge in [0.2, 0.25) is 0 Å². The third kappa shape index (κ3) is 3.16. The molecular formula is C15H16N4O2. The molecule has 6 heteroatoms. The van der Waals surface area contributed by atoms with E-state index in [2.05, 4.69) is 15.0 Å². The molecule has 21 heavy (non-hydrogen) atoms. The molecule has 1 saturated heterocycles. The molecule has 6 nitrogen and oxygen atoms in total. The number of carbonyl (C=O) groups is 1. The summed E-state index contributed by atoms with van der Waals surface area (Å²) in [5.74, 6) is 0.563. The number of amides is 1. The number of likely N-dealkylation sites (tertiary alicyclic amines) is 1. The van der Waals surface area contributed by atoms with E-state index in [4.69, 9.17) is 4.74 Å². The normalized spacial score (nSPS) is 17.7. The van der Waals surface area contributed by atoms with E-state index in [1.165, 1.54) is 0 Å². The van der Waals surface area contributed by atoms with Gasteiger partial charge >= 0.3 is 0 Å². The summed E-state index contributed by atoms with van der Waals surface area (Å²) in [4.78, 5) is 26.5. The van der Waals surface area contributed by atoms with Crippen molar-refractivity contribution in [3.05, 3.63) is 48.8 Å². The zero-order chi connectivity index (χ0) is 14.5. The number of aromatic nitrogens is 3. The molecule has 0 bridgehead atoms. The molecule has 0 N–H and O–H groups in total. The monoisotopic (exact) mass is 284 g/mol. The standard InChI is InChI=1S/C15H16N4O2/c20-15(11-21-12-3-1-5-16-9-12)19-8-2-4-14(19)13-10-17-6-7-18-13/h1,3,5-7,9-10,14H,2,4,8,11H2. The Morgan fingerprint density at radius 3 is 2.95 bits per heavy atom. The van der Waals surface area contributed by atoms with E-state index in [0.717, 1.165) is 25.1 Å². The first-order valence-electron chi connectivity index (χ1n) is 6.93. The van der Waals surface area contributed by atoms with Crippen molar-refractivity contribution in [1.29, 1.82) is 0 Å². The zero-order valence-corrected chi connectivity index (χ0v) is 11.6. The molecule has 1 unspecified atom stereocenters. The highest BCUT2D eigenvalue weighted by atomic mass is 16.5. The van der Waals surface area contributed by atoms with E-state index in [9.17, 15) is 4.79 Å². The lowest BCUT2D eigenvalue weighted by Crippen LogP contribution is -2.34. The van der Waals surface area contributed by atoms with Crippen LogP contribution in [0.5, 0.6) is 5.75 Å². The Hall–Kier alpha value is -2.50. The number of pyridine rings is 1. The van der Waals surface area contributed by atoms with Crippen LogP contribution in [-0.4, -0.2) is 38.9 Å². The largest absolute Gasteiger partial charge is 0.482 e. The molecule has 1 amide bonds. The van der Waals surface area contributed by atoms with E-state index < -0.39 is 0 Å². The highest BCUT2D eigenvalue weighted by molar-refractivity contribution is 5.78. The van der Waals surface area contributed by atoms with Crippen molar-refractivity contribution in [3.8, 4) is 5.75 Å². The molecule has 0 spiro atoms. The van der Waals surface area contributed by atoms with Crippen LogP contribution in [0.2, 0.25) is 0 Å². The quantitative estimate of drug-likeness (QED) is 0.853. The maximum atomic E-state index is 12.3. The highest BCUT2D eigenvalue weighted by Crippen LogP contribution is 2.30. The molecule has 0 saturated carbocycles. The first-order chi connectivity index (χ1) is 10.3. The summed E-state index contributed by atoms with van der Waals surface area (Å²) >= 11 is 0. The molecule has 3 heterocycles. The first-order valence-corrected chi connectivity index (χ1v) is 6.93. The molecule has 1 aliphatic rings. The summed E-state index contributed by atoms with van der Waals surface area (Å²) in [6, 6.07) is 3.56. The van der Waals surface area contributed by atoms with Gasteiger partial charge in [-0.05, 0) is 25.0 Å². The van der Waals surface area contributed by atoms with Gasteiger partial charge < -0.3 is 9.64 Å². The molecule has 0 aliphatic carbocycles. The van der Waals surface area contributed by atoms with E-state index in [1.54, 1.807) is 43.1 Å². The number of ether oxygens (including phenoxy) is 1. The number of hydrogen-bond donors (Lipinski definition) is 0. The molecular weight excluding hydrogens is 268 g/mol. The van der Waals surface area contributed by atoms with Crippen molar-refractivity contribution in [3.63, 3.8) is 0 Å². The van der Waals surface area contributed by atoms with Gasteiger partial charge in [0.1, 0.15) is 5.75 Å². The molecule has 2 aromatic heterocycles. The lowest BCUT2D eigenvalue weighted by atomic mass is 10.1. The van der Waals surface area contributed by atoms with Gasteiger partial charge in [0.25, 0.3) is 5.91 Å². The van der Waals surface area contributed by atoms with Crippen LogP contribution in [0, 0.1) is 0 Å².